The van der Waals surface area contributed by atoms with Gasteiger partial charge in [-0.15, -0.1) is 0 Å². The van der Waals surface area contributed by atoms with E-state index < -0.39 is 0 Å². The molecule has 0 atom stereocenters. The van der Waals surface area contributed by atoms with E-state index >= 15 is 0 Å². The zero-order valence-electron chi connectivity index (χ0n) is 9.67. The molecule has 3 heteroatoms. The van der Waals surface area contributed by atoms with Gasteiger partial charge in [-0.1, -0.05) is 0 Å². The summed E-state index contributed by atoms with van der Waals surface area (Å²) >= 11 is 4.11. The molecule has 15 heavy (non-hydrogen) atoms. The fourth-order valence-corrected chi connectivity index (χ4v) is 1.95. The van der Waals surface area contributed by atoms with Gasteiger partial charge >= 0.3 is 77.2 Å². The van der Waals surface area contributed by atoms with Crippen LogP contribution >= 0.6 is 0 Å². The number of allylic oxidation sites excluding steroid dienone is 4. The van der Waals surface area contributed by atoms with Gasteiger partial charge in [0, 0.05) is 0 Å². The van der Waals surface area contributed by atoms with Crippen LogP contribution < -0.4 is 0 Å². The summed E-state index contributed by atoms with van der Waals surface area (Å²) in [6.07, 6.45) is 0. The van der Waals surface area contributed by atoms with Gasteiger partial charge in [0.25, 0.3) is 13.6 Å². The summed E-state index contributed by atoms with van der Waals surface area (Å²) in [6.45, 7) is 20.0. The molecule has 2 nitrogen and oxygen atoms in total. The second-order valence-corrected chi connectivity index (χ2v) is 4.35. The van der Waals surface area contributed by atoms with Gasteiger partial charge in [0.05, 0.1) is 0 Å². The van der Waals surface area contributed by atoms with Crippen molar-refractivity contribution in [1.82, 2.24) is 0 Å². The molecule has 1 aliphatic carbocycles. The Hall–Kier alpha value is -0.661. The third-order valence-corrected chi connectivity index (χ3v) is 4.02. The molecule has 0 unspecified atom stereocenters. The Morgan fingerprint density at radius 2 is 1.27 bits per heavy atom. The number of hydrogen-bond donors (Lipinski definition) is 0. The molecule has 0 N–H and O–H groups in total. The van der Waals surface area contributed by atoms with Crippen molar-refractivity contribution in [1.29, 1.82) is 0 Å². The zero-order valence-corrected chi connectivity index (χ0v) is 10.8. The van der Waals surface area contributed by atoms with Gasteiger partial charge in [-0.05, 0) is 0 Å². The Kier molecular flexibility index (Phi) is 7.55. The molecule has 0 saturated carbocycles. The van der Waals surface area contributed by atoms with Crippen molar-refractivity contribution in [3.8, 4) is 0 Å². The van der Waals surface area contributed by atoms with Crippen LogP contribution in [0, 0.1) is 5.41 Å². The molecule has 1 aliphatic rings. The molecule has 0 fully saturated rings. The SMILES string of the molecule is CC1=C(C)C(C)(C)[C]([Fe])=C1C.[C]=O.[C]=O. The minimum Gasteiger partial charge on any atom is -0.281 e. The van der Waals surface area contributed by atoms with Crippen LogP contribution in [0.3, 0.4) is 0 Å². The van der Waals surface area contributed by atoms with Crippen LogP contribution in [0.2, 0.25) is 0 Å². The van der Waals surface area contributed by atoms with Gasteiger partial charge in [0.15, 0.2) is 0 Å². The van der Waals surface area contributed by atoms with Gasteiger partial charge < -0.3 is 0 Å². The van der Waals surface area contributed by atoms with Crippen LogP contribution in [0.4, 0.5) is 0 Å². The Bertz CT molecular complexity index is 260. The van der Waals surface area contributed by atoms with E-state index in [1.807, 2.05) is 0 Å². The van der Waals surface area contributed by atoms with E-state index in [1.54, 1.807) is 0 Å². The van der Waals surface area contributed by atoms with Crippen molar-refractivity contribution in [3.05, 3.63) is 21.2 Å². The Morgan fingerprint density at radius 1 is 0.933 bits per heavy atom. The summed E-state index contributed by atoms with van der Waals surface area (Å²) in [4.78, 5) is 15.0. The van der Waals surface area contributed by atoms with Gasteiger partial charge in [-0.3, -0.25) is 9.59 Å². The first-order valence-electron chi connectivity index (χ1n) is 4.34. The number of carbonyl (C=O) groups excluding carboxylic acids is 2. The Morgan fingerprint density at radius 3 is 1.33 bits per heavy atom. The number of rotatable bonds is 0. The van der Waals surface area contributed by atoms with E-state index in [4.69, 9.17) is 9.59 Å². The van der Waals surface area contributed by atoms with Crippen molar-refractivity contribution in [2.24, 2.45) is 5.41 Å². The van der Waals surface area contributed by atoms with E-state index in [2.05, 4.69) is 64.2 Å². The average Bonchev–Trinajstić information content (AvgIpc) is 2.40. The summed E-state index contributed by atoms with van der Waals surface area (Å²) in [7, 11) is 0. The smallest absolute Gasteiger partial charge is 0.281 e. The topological polar surface area (TPSA) is 34.1 Å². The summed E-state index contributed by atoms with van der Waals surface area (Å²) in [6, 6.07) is 0. The van der Waals surface area contributed by atoms with Crippen molar-refractivity contribution < 1.29 is 25.6 Å². The van der Waals surface area contributed by atoms with Crippen molar-refractivity contribution in [2.75, 3.05) is 0 Å². The predicted molar refractivity (Wildman–Crippen MR) is 56.2 cm³/mol. The fraction of sp³-hybridized carbons (Fsp3) is 0.500. The van der Waals surface area contributed by atoms with Crippen molar-refractivity contribution >= 4 is 13.6 Å². The maximum Gasteiger partial charge on any atom is 0.281 e. The quantitative estimate of drug-likeness (QED) is 0.616. The van der Waals surface area contributed by atoms with E-state index in [1.165, 1.54) is 21.2 Å². The van der Waals surface area contributed by atoms with Gasteiger partial charge in [-0.2, -0.15) is 0 Å². The summed E-state index contributed by atoms with van der Waals surface area (Å²) in [5.74, 6) is 0. The first-order valence-corrected chi connectivity index (χ1v) is 4.89. The molecule has 1 rings (SSSR count). The third-order valence-electron chi connectivity index (χ3n) is 2.92. The van der Waals surface area contributed by atoms with Crippen molar-refractivity contribution in [2.45, 2.75) is 34.6 Å². The largest absolute Gasteiger partial charge is 0.281 e. The molecule has 0 aliphatic heterocycles. The molecule has 0 spiro atoms. The average molecular weight is 247 g/mol. The fourth-order valence-electron chi connectivity index (χ4n) is 1.54. The van der Waals surface area contributed by atoms with Crippen LogP contribution in [0.5, 0.6) is 0 Å². The zero-order chi connectivity index (χ0) is 12.8. The van der Waals surface area contributed by atoms with E-state index in [0.717, 1.165) is 0 Å². The number of hydrogen-bond acceptors (Lipinski definition) is 2. The molecule has 0 aromatic heterocycles. The monoisotopic (exact) mass is 247 g/mol. The van der Waals surface area contributed by atoms with Crippen LogP contribution in [0.25, 0.3) is 0 Å². The Balaban J connectivity index is 0. The second-order valence-electron chi connectivity index (χ2n) is 3.80. The molecule has 0 aromatic carbocycles. The minimum absolute atomic E-state index is 0.203. The van der Waals surface area contributed by atoms with Crippen LogP contribution in [-0.2, 0) is 25.6 Å². The van der Waals surface area contributed by atoms with Crippen LogP contribution in [0.15, 0.2) is 21.2 Å². The maximum absolute atomic E-state index is 7.50. The third kappa shape index (κ3) is 3.15. The molecule has 4 radical (unpaired) electrons. The van der Waals surface area contributed by atoms with E-state index in [0.29, 0.717) is 0 Å². The molecule has 0 heterocycles. The summed E-state index contributed by atoms with van der Waals surface area (Å²) < 4.78 is 1.28. The Labute approximate surface area is 101 Å². The molecule has 0 saturated heterocycles. The standard InChI is InChI=1S/C10H15.2CO.Fe/c1-7-6-10(4,5)9(3)8(7)2;2*1-2;/h1-5H3;;;. The van der Waals surface area contributed by atoms with E-state index in [-0.39, 0.29) is 5.41 Å². The van der Waals surface area contributed by atoms with Crippen LogP contribution in [-0.4, -0.2) is 13.6 Å². The molecule has 83 valence electrons. The van der Waals surface area contributed by atoms with Gasteiger partial charge in [-0.25, -0.2) is 0 Å². The van der Waals surface area contributed by atoms with Crippen molar-refractivity contribution in [3.63, 3.8) is 0 Å². The summed E-state index contributed by atoms with van der Waals surface area (Å²) in [5, 5.41) is 0. The predicted octanol–water partition coefficient (Wildman–Crippen LogP) is 2.39. The molecule has 0 aromatic rings. The molecule has 0 bridgehead atoms. The molecular weight excluding hydrogens is 232 g/mol. The van der Waals surface area contributed by atoms with Gasteiger partial charge in [0.1, 0.15) is 0 Å². The van der Waals surface area contributed by atoms with Gasteiger partial charge in [0.2, 0.25) is 0 Å². The first kappa shape index (κ1) is 16.8. The maximum atomic E-state index is 7.50. The minimum atomic E-state index is 0.203. The second kappa shape index (κ2) is 6.76. The van der Waals surface area contributed by atoms with Crippen LogP contribution in [0.1, 0.15) is 34.6 Å². The normalized spacial score (nSPS) is 17.7. The first-order chi connectivity index (χ1) is 6.89. The summed E-state index contributed by atoms with van der Waals surface area (Å²) in [5.41, 5.74) is 4.49. The molecular formula is C12H15FeO2. The molecule has 0 amide bonds. The van der Waals surface area contributed by atoms with E-state index in [9.17, 15) is 0 Å².